The van der Waals surface area contributed by atoms with Crippen molar-refractivity contribution in [3.8, 4) is 11.5 Å². The monoisotopic (exact) mass is 419 g/mol. The van der Waals surface area contributed by atoms with Crippen LogP contribution in [0.1, 0.15) is 44.6 Å². The SMILES string of the molecule is C/C(=N/OCC(=O)OCC(=O)NC(=O)NC1CCCCC1)c1ccc2c(c1)OCO2. The quantitative estimate of drug-likeness (QED) is 0.393. The van der Waals surface area contributed by atoms with Crippen LogP contribution in [0.15, 0.2) is 23.4 Å². The summed E-state index contributed by atoms with van der Waals surface area (Å²) in [6, 6.07) is 4.80. The maximum atomic E-state index is 11.8. The van der Waals surface area contributed by atoms with E-state index in [1.54, 1.807) is 25.1 Å². The van der Waals surface area contributed by atoms with E-state index in [0.717, 1.165) is 37.7 Å². The first-order valence-electron chi connectivity index (χ1n) is 9.84. The van der Waals surface area contributed by atoms with Gasteiger partial charge in [-0.15, -0.1) is 0 Å². The normalized spacial score (nSPS) is 16.0. The molecule has 1 saturated carbocycles. The number of benzene rings is 1. The number of carbonyl (C=O) groups excluding carboxylic acids is 3. The van der Waals surface area contributed by atoms with Crippen molar-refractivity contribution in [1.29, 1.82) is 0 Å². The number of imide groups is 1. The van der Waals surface area contributed by atoms with Crippen molar-refractivity contribution in [2.24, 2.45) is 5.16 Å². The van der Waals surface area contributed by atoms with Crippen LogP contribution in [0.5, 0.6) is 11.5 Å². The Kier molecular flexibility index (Phi) is 7.47. The lowest BCUT2D eigenvalue weighted by atomic mass is 9.96. The molecule has 162 valence electrons. The Morgan fingerprint density at radius 2 is 1.87 bits per heavy atom. The second-order valence-electron chi connectivity index (χ2n) is 7.04. The molecule has 1 aromatic rings. The molecule has 1 aliphatic heterocycles. The fraction of sp³-hybridized carbons (Fsp3) is 0.500. The molecule has 10 nitrogen and oxygen atoms in total. The lowest BCUT2D eigenvalue weighted by Crippen LogP contribution is -2.46. The number of hydrogen-bond donors (Lipinski definition) is 2. The molecule has 3 rings (SSSR count). The van der Waals surface area contributed by atoms with Crippen molar-refractivity contribution in [2.75, 3.05) is 20.0 Å². The number of fused-ring (bicyclic) bond motifs is 1. The minimum Gasteiger partial charge on any atom is -0.454 e. The molecule has 0 spiro atoms. The summed E-state index contributed by atoms with van der Waals surface area (Å²) in [4.78, 5) is 40.2. The molecule has 0 unspecified atom stereocenters. The molecule has 1 aromatic carbocycles. The largest absolute Gasteiger partial charge is 0.454 e. The smallest absolute Gasteiger partial charge is 0.347 e. The van der Waals surface area contributed by atoms with Gasteiger partial charge in [0.25, 0.3) is 5.91 Å². The molecule has 0 saturated heterocycles. The standard InChI is InChI=1S/C20H25N3O7/c1-13(14-7-8-16-17(9-14)29-12-28-16)23-30-11-19(25)27-10-18(24)22-20(26)21-15-5-3-2-4-6-15/h7-9,15H,2-6,10-12H2,1H3,(H2,21,22,24,26)/b23-13-. The third-order valence-electron chi connectivity index (χ3n) is 4.73. The summed E-state index contributed by atoms with van der Waals surface area (Å²) < 4.78 is 15.3. The number of oxime groups is 1. The summed E-state index contributed by atoms with van der Waals surface area (Å²) in [5.74, 6) is -0.224. The van der Waals surface area contributed by atoms with Gasteiger partial charge in [0.05, 0.1) is 5.71 Å². The second-order valence-corrected chi connectivity index (χ2v) is 7.04. The molecule has 3 amide bonds. The third-order valence-corrected chi connectivity index (χ3v) is 4.73. The van der Waals surface area contributed by atoms with E-state index >= 15 is 0 Å². The van der Waals surface area contributed by atoms with E-state index in [1.807, 2.05) is 0 Å². The van der Waals surface area contributed by atoms with Gasteiger partial charge in [-0.05, 0) is 38.0 Å². The summed E-state index contributed by atoms with van der Waals surface area (Å²) in [6.07, 6.45) is 5.09. The topological polar surface area (TPSA) is 125 Å². The second kappa shape index (κ2) is 10.5. The predicted molar refractivity (Wildman–Crippen MR) is 105 cm³/mol. The summed E-state index contributed by atoms with van der Waals surface area (Å²) in [5.41, 5.74) is 1.27. The number of carbonyl (C=O) groups is 3. The Labute approximate surface area is 173 Å². The van der Waals surface area contributed by atoms with Crippen LogP contribution in [-0.4, -0.2) is 49.7 Å². The van der Waals surface area contributed by atoms with Gasteiger partial charge in [0.2, 0.25) is 13.4 Å². The van der Waals surface area contributed by atoms with Crippen molar-refractivity contribution < 1.29 is 33.4 Å². The fourth-order valence-corrected chi connectivity index (χ4v) is 3.17. The number of urea groups is 1. The number of rotatable bonds is 7. The van der Waals surface area contributed by atoms with Gasteiger partial charge in [0.15, 0.2) is 18.1 Å². The van der Waals surface area contributed by atoms with Crippen LogP contribution in [-0.2, 0) is 19.2 Å². The first kappa shape index (κ1) is 21.4. The highest BCUT2D eigenvalue weighted by Crippen LogP contribution is 2.32. The molecular formula is C20H25N3O7. The molecule has 30 heavy (non-hydrogen) atoms. The molecule has 0 atom stereocenters. The first-order valence-corrected chi connectivity index (χ1v) is 9.84. The summed E-state index contributed by atoms with van der Waals surface area (Å²) in [5, 5.41) is 8.74. The van der Waals surface area contributed by atoms with Gasteiger partial charge in [0, 0.05) is 11.6 Å². The van der Waals surface area contributed by atoms with Crippen molar-refractivity contribution >= 4 is 23.6 Å². The van der Waals surface area contributed by atoms with Crippen LogP contribution in [0, 0.1) is 0 Å². The average Bonchev–Trinajstić information content (AvgIpc) is 3.20. The maximum Gasteiger partial charge on any atom is 0.347 e. The summed E-state index contributed by atoms with van der Waals surface area (Å²) in [7, 11) is 0. The van der Waals surface area contributed by atoms with Gasteiger partial charge in [-0.1, -0.05) is 24.4 Å². The molecule has 1 fully saturated rings. The third kappa shape index (κ3) is 6.36. The minimum absolute atomic E-state index is 0.0772. The molecule has 1 aliphatic carbocycles. The highest BCUT2D eigenvalue weighted by Gasteiger charge is 2.18. The van der Waals surface area contributed by atoms with Crippen LogP contribution in [0.25, 0.3) is 0 Å². The number of nitrogens with one attached hydrogen (secondary N) is 2. The van der Waals surface area contributed by atoms with Crippen molar-refractivity contribution in [1.82, 2.24) is 10.6 Å². The molecule has 1 heterocycles. The zero-order valence-corrected chi connectivity index (χ0v) is 16.8. The van der Waals surface area contributed by atoms with Crippen molar-refractivity contribution in [3.05, 3.63) is 23.8 Å². The summed E-state index contributed by atoms with van der Waals surface area (Å²) >= 11 is 0. The van der Waals surface area contributed by atoms with Crippen LogP contribution in [0.4, 0.5) is 4.79 Å². The first-order chi connectivity index (χ1) is 14.5. The Morgan fingerprint density at radius 3 is 2.67 bits per heavy atom. The minimum atomic E-state index is -0.778. The van der Waals surface area contributed by atoms with Crippen molar-refractivity contribution in [2.45, 2.75) is 45.1 Å². The number of hydrogen-bond acceptors (Lipinski definition) is 8. The van der Waals surface area contributed by atoms with Gasteiger partial charge in [-0.3, -0.25) is 10.1 Å². The molecule has 0 aromatic heterocycles. The van der Waals surface area contributed by atoms with Gasteiger partial charge < -0.3 is 24.4 Å². The van der Waals surface area contributed by atoms with Crippen LogP contribution >= 0.6 is 0 Å². The van der Waals surface area contributed by atoms with Gasteiger partial charge >= 0.3 is 12.0 Å². The van der Waals surface area contributed by atoms with E-state index in [2.05, 4.69) is 15.8 Å². The Hall–Kier alpha value is -3.30. The lowest BCUT2D eigenvalue weighted by Gasteiger charge is -2.22. The van der Waals surface area contributed by atoms with Crippen LogP contribution in [0.3, 0.4) is 0 Å². The van der Waals surface area contributed by atoms with E-state index in [4.69, 9.17) is 19.0 Å². The predicted octanol–water partition coefficient (Wildman–Crippen LogP) is 1.86. The van der Waals surface area contributed by atoms with Gasteiger partial charge in [-0.2, -0.15) is 0 Å². The van der Waals surface area contributed by atoms with E-state index in [9.17, 15) is 14.4 Å². The lowest BCUT2D eigenvalue weighted by molar-refractivity contribution is -0.152. The van der Waals surface area contributed by atoms with Crippen LogP contribution in [0.2, 0.25) is 0 Å². The number of amides is 3. The van der Waals surface area contributed by atoms with E-state index in [0.29, 0.717) is 17.2 Å². The highest BCUT2D eigenvalue weighted by molar-refractivity contribution is 5.99. The molecule has 0 radical (unpaired) electrons. The maximum absolute atomic E-state index is 11.8. The van der Waals surface area contributed by atoms with Crippen molar-refractivity contribution in [3.63, 3.8) is 0 Å². The Bertz CT molecular complexity index is 819. The van der Waals surface area contributed by atoms with Crippen LogP contribution < -0.4 is 20.1 Å². The number of ether oxygens (including phenoxy) is 3. The average molecular weight is 419 g/mol. The molecule has 2 N–H and O–H groups in total. The molecule has 10 heteroatoms. The zero-order chi connectivity index (χ0) is 21.3. The number of esters is 1. The Balaban J connectivity index is 1.33. The molecule has 2 aliphatic rings. The van der Waals surface area contributed by atoms with E-state index in [-0.39, 0.29) is 12.8 Å². The number of nitrogens with zero attached hydrogens (tertiary/aromatic N) is 1. The molecular weight excluding hydrogens is 394 g/mol. The molecule has 0 bridgehead atoms. The van der Waals surface area contributed by atoms with Gasteiger partial charge in [-0.25, -0.2) is 9.59 Å². The summed E-state index contributed by atoms with van der Waals surface area (Å²) in [6.45, 7) is 0.836. The van der Waals surface area contributed by atoms with E-state index < -0.39 is 31.1 Å². The van der Waals surface area contributed by atoms with Gasteiger partial charge in [0.1, 0.15) is 0 Å². The highest BCUT2D eigenvalue weighted by atomic mass is 16.7. The fourth-order valence-electron chi connectivity index (χ4n) is 3.17. The zero-order valence-electron chi connectivity index (χ0n) is 16.8. The van der Waals surface area contributed by atoms with E-state index in [1.165, 1.54) is 0 Å². The Morgan fingerprint density at radius 1 is 1.10 bits per heavy atom.